The van der Waals surface area contributed by atoms with Crippen LogP contribution in [0.1, 0.15) is 31.1 Å². The van der Waals surface area contributed by atoms with Crippen LogP contribution >= 0.6 is 11.6 Å². The molecule has 0 saturated carbocycles. The number of Topliss-reactive ketones (excluding diaryl/α,β-unsaturated/α-hetero) is 1. The highest BCUT2D eigenvalue weighted by molar-refractivity contribution is 6.30. The van der Waals surface area contributed by atoms with E-state index in [1.807, 2.05) is 57.2 Å². The molecule has 1 aromatic heterocycles. The predicted molar refractivity (Wildman–Crippen MR) is 113 cm³/mol. The number of nitrogens with one attached hydrogen (secondary N) is 2. The standard InChI is InChI=1S/C22H22ClN3O2/c1-22(2,3)19(27)13-25-21(28)18-12-24-20(17-10-5-4-9-16(17)18)26-15-8-6-7-14(23)11-15/h4-12H,13H2,1-3H3,(H,24,26)(H,25,28). The average molecular weight is 396 g/mol. The van der Waals surface area contributed by atoms with Crippen molar-refractivity contribution < 1.29 is 9.59 Å². The molecule has 2 N–H and O–H groups in total. The number of nitrogens with zero attached hydrogens (tertiary/aromatic N) is 1. The molecule has 6 heteroatoms. The second kappa shape index (κ2) is 7.98. The van der Waals surface area contributed by atoms with Crippen molar-refractivity contribution in [2.24, 2.45) is 5.41 Å². The highest BCUT2D eigenvalue weighted by Gasteiger charge is 2.22. The molecule has 0 radical (unpaired) electrons. The van der Waals surface area contributed by atoms with Gasteiger partial charge in [-0.2, -0.15) is 0 Å². The fourth-order valence-electron chi connectivity index (χ4n) is 2.70. The molecular formula is C22H22ClN3O2. The van der Waals surface area contributed by atoms with E-state index in [0.29, 0.717) is 16.4 Å². The lowest BCUT2D eigenvalue weighted by atomic mass is 9.91. The summed E-state index contributed by atoms with van der Waals surface area (Å²) in [5, 5.41) is 8.13. The number of carbonyl (C=O) groups excluding carboxylic acids is 2. The van der Waals surface area contributed by atoms with Crippen LogP contribution in [0.2, 0.25) is 5.02 Å². The van der Waals surface area contributed by atoms with E-state index in [0.717, 1.165) is 16.5 Å². The molecular weight excluding hydrogens is 374 g/mol. The molecule has 1 amide bonds. The van der Waals surface area contributed by atoms with Gasteiger partial charge >= 0.3 is 0 Å². The molecule has 3 aromatic rings. The normalized spacial score (nSPS) is 11.3. The van der Waals surface area contributed by atoms with Crippen LogP contribution in [0, 0.1) is 5.41 Å². The van der Waals surface area contributed by atoms with E-state index in [-0.39, 0.29) is 18.2 Å². The van der Waals surface area contributed by atoms with Crippen LogP contribution in [-0.2, 0) is 4.79 Å². The number of halogens is 1. The van der Waals surface area contributed by atoms with E-state index < -0.39 is 5.41 Å². The Labute approximate surface area is 169 Å². The van der Waals surface area contributed by atoms with Crippen molar-refractivity contribution in [1.82, 2.24) is 10.3 Å². The lowest BCUT2D eigenvalue weighted by molar-refractivity contribution is -0.125. The topological polar surface area (TPSA) is 71.1 Å². The number of benzene rings is 2. The quantitative estimate of drug-likeness (QED) is 0.639. The lowest BCUT2D eigenvalue weighted by Crippen LogP contribution is -2.35. The number of aromatic nitrogens is 1. The van der Waals surface area contributed by atoms with Crippen molar-refractivity contribution in [3.8, 4) is 0 Å². The van der Waals surface area contributed by atoms with Gasteiger partial charge in [-0.1, -0.05) is 62.7 Å². The van der Waals surface area contributed by atoms with Crippen LogP contribution in [0.25, 0.3) is 10.8 Å². The van der Waals surface area contributed by atoms with Crippen LogP contribution in [0.15, 0.2) is 54.7 Å². The van der Waals surface area contributed by atoms with Gasteiger partial charge in [0.1, 0.15) is 5.82 Å². The van der Waals surface area contributed by atoms with Gasteiger partial charge < -0.3 is 10.6 Å². The summed E-state index contributed by atoms with van der Waals surface area (Å²) in [7, 11) is 0. The molecule has 0 spiro atoms. The summed E-state index contributed by atoms with van der Waals surface area (Å²) in [6.07, 6.45) is 1.52. The van der Waals surface area contributed by atoms with Gasteiger partial charge in [-0.3, -0.25) is 9.59 Å². The summed E-state index contributed by atoms with van der Waals surface area (Å²) in [4.78, 5) is 29.2. The highest BCUT2D eigenvalue weighted by atomic mass is 35.5. The first-order valence-corrected chi connectivity index (χ1v) is 9.35. The van der Waals surface area contributed by atoms with Crippen LogP contribution in [0.3, 0.4) is 0 Å². The van der Waals surface area contributed by atoms with Gasteiger partial charge in [-0.15, -0.1) is 0 Å². The largest absolute Gasteiger partial charge is 0.345 e. The molecule has 0 bridgehead atoms. The molecule has 3 rings (SSSR count). The first-order chi connectivity index (χ1) is 13.3. The van der Waals surface area contributed by atoms with Crippen molar-refractivity contribution in [3.63, 3.8) is 0 Å². The number of ketones is 1. The zero-order chi connectivity index (χ0) is 20.3. The highest BCUT2D eigenvalue weighted by Crippen LogP contribution is 2.28. The Morgan fingerprint density at radius 2 is 1.75 bits per heavy atom. The Bertz CT molecular complexity index is 1040. The Kier molecular flexibility index (Phi) is 5.66. The maximum Gasteiger partial charge on any atom is 0.253 e. The van der Waals surface area contributed by atoms with Crippen LogP contribution in [0.5, 0.6) is 0 Å². The number of anilines is 2. The summed E-state index contributed by atoms with van der Waals surface area (Å²) in [6, 6.07) is 14.8. The Balaban J connectivity index is 1.89. The first kappa shape index (κ1) is 19.8. The molecule has 2 aromatic carbocycles. The third kappa shape index (κ3) is 4.49. The van der Waals surface area contributed by atoms with E-state index in [1.54, 1.807) is 12.1 Å². The minimum Gasteiger partial charge on any atom is -0.345 e. The van der Waals surface area contributed by atoms with E-state index in [9.17, 15) is 9.59 Å². The molecule has 28 heavy (non-hydrogen) atoms. The zero-order valence-electron chi connectivity index (χ0n) is 16.0. The zero-order valence-corrected chi connectivity index (χ0v) is 16.8. The Hall–Kier alpha value is -2.92. The number of rotatable bonds is 5. The fraction of sp³-hybridized carbons (Fsp3) is 0.227. The second-order valence-electron chi connectivity index (χ2n) is 7.56. The minimum absolute atomic E-state index is 0.0147. The van der Waals surface area contributed by atoms with Crippen molar-refractivity contribution in [1.29, 1.82) is 0 Å². The maximum atomic E-state index is 12.7. The number of fused-ring (bicyclic) bond motifs is 1. The van der Waals surface area contributed by atoms with Gasteiger partial charge in [0, 0.05) is 27.7 Å². The molecule has 0 aliphatic carbocycles. The van der Waals surface area contributed by atoms with Crippen molar-refractivity contribution in [2.75, 3.05) is 11.9 Å². The number of hydrogen-bond acceptors (Lipinski definition) is 4. The number of carbonyl (C=O) groups is 2. The summed E-state index contributed by atoms with van der Waals surface area (Å²) in [6.45, 7) is 5.47. The van der Waals surface area contributed by atoms with E-state index in [4.69, 9.17) is 11.6 Å². The Morgan fingerprint density at radius 3 is 2.43 bits per heavy atom. The number of hydrogen-bond donors (Lipinski definition) is 2. The summed E-state index contributed by atoms with van der Waals surface area (Å²) >= 11 is 6.05. The third-order valence-electron chi connectivity index (χ3n) is 4.37. The van der Waals surface area contributed by atoms with Crippen LogP contribution in [-0.4, -0.2) is 23.2 Å². The molecule has 0 fully saturated rings. The fourth-order valence-corrected chi connectivity index (χ4v) is 2.89. The predicted octanol–water partition coefficient (Wildman–Crippen LogP) is 4.98. The molecule has 0 saturated heterocycles. The van der Waals surface area contributed by atoms with Gasteiger partial charge in [-0.25, -0.2) is 4.98 Å². The van der Waals surface area contributed by atoms with Crippen molar-refractivity contribution >= 4 is 45.6 Å². The Morgan fingerprint density at radius 1 is 1.04 bits per heavy atom. The monoisotopic (exact) mass is 395 g/mol. The molecule has 1 heterocycles. The molecule has 0 unspecified atom stereocenters. The SMILES string of the molecule is CC(C)(C)C(=O)CNC(=O)c1cnc(Nc2cccc(Cl)c2)c2ccccc12. The molecule has 5 nitrogen and oxygen atoms in total. The molecule has 0 atom stereocenters. The summed E-state index contributed by atoms with van der Waals surface area (Å²) in [5.41, 5.74) is 0.727. The molecule has 144 valence electrons. The lowest BCUT2D eigenvalue weighted by Gasteiger charge is -2.17. The first-order valence-electron chi connectivity index (χ1n) is 8.97. The summed E-state index contributed by atoms with van der Waals surface area (Å²) in [5.74, 6) is 0.271. The third-order valence-corrected chi connectivity index (χ3v) is 4.61. The van der Waals surface area contributed by atoms with Gasteiger partial charge in [0.25, 0.3) is 5.91 Å². The molecule has 0 aliphatic rings. The van der Waals surface area contributed by atoms with Gasteiger partial charge in [-0.05, 0) is 23.6 Å². The number of pyridine rings is 1. The van der Waals surface area contributed by atoms with Gasteiger partial charge in [0.15, 0.2) is 5.78 Å². The second-order valence-corrected chi connectivity index (χ2v) is 7.99. The van der Waals surface area contributed by atoms with Gasteiger partial charge in [0.05, 0.1) is 12.1 Å². The smallest absolute Gasteiger partial charge is 0.253 e. The maximum absolute atomic E-state index is 12.7. The number of amides is 1. The van der Waals surface area contributed by atoms with E-state index in [2.05, 4.69) is 15.6 Å². The van der Waals surface area contributed by atoms with Crippen LogP contribution in [0.4, 0.5) is 11.5 Å². The summed E-state index contributed by atoms with van der Waals surface area (Å²) < 4.78 is 0. The average Bonchev–Trinajstić information content (AvgIpc) is 2.65. The van der Waals surface area contributed by atoms with E-state index in [1.165, 1.54) is 6.20 Å². The van der Waals surface area contributed by atoms with Crippen molar-refractivity contribution in [2.45, 2.75) is 20.8 Å². The van der Waals surface area contributed by atoms with Crippen LogP contribution < -0.4 is 10.6 Å². The van der Waals surface area contributed by atoms with Crippen molar-refractivity contribution in [3.05, 3.63) is 65.3 Å². The molecule has 0 aliphatic heterocycles. The van der Waals surface area contributed by atoms with E-state index >= 15 is 0 Å². The minimum atomic E-state index is -0.502. The van der Waals surface area contributed by atoms with Gasteiger partial charge in [0.2, 0.25) is 0 Å².